The Kier molecular flexibility index (Phi) is 2.21. The predicted octanol–water partition coefficient (Wildman–Crippen LogP) is 5.27. The van der Waals surface area contributed by atoms with Crippen molar-refractivity contribution in [3.05, 3.63) is 77.9 Å². The van der Waals surface area contributed by atoms with E-state index in [1.807, 2.05) is 6.07 Å². The Bertz CT molecular complexity index is 1060. The van der Waals surface area contributed by atoms with Gasteiger partial charge in [0.2, 0.25) is 0 Å². The summed E-state index contributed by atoms with van der Waals surface area (Å²) in [4.78, 5) is 0. The quantitative estimate of drug-likeness (QED) is 0.384. The number of hydrogen-bond donors (Lipinski definition) is 1. The van der Waals surface area contributed by atoms with Gasteiger partial charge in [-0.05, 0) is 62.4 Å². The molecule has 1 aliphatic carbocycles. The number of phenols is 1. The molecule has 0 atom stereocenters. The fraction of sp³-hybridized carbons (Fsp3) is 0.0476. The van der Waals surface area contributed by atoms with Gasteiger partial charge in [-0.25, -0.2) is 0 Å². The maximum absolute atomic E-state index is 9.80. The Morgan fingerprint density at radius 1 is 0.682 bits per heavy atom. The molecule has 4 aromatic carbocycles. The SMILES string of the molecule is Oc1ccc2c(c1)Cc1c-2c2ccccc2c2ccccc12. The zero-order valence-corrected chi connectivity index (χ0v) is 12.0. The standard InChI is InChI=1S/C21H14O/c22-14-9-10-15-13(11-14)12-20-18-7-2-1-5-16(18)17-6-3-4-8-19(17)21(15)20/h1-11,22H,12H2. The van der Waals surface area contributed by atoms with E-state index in [1.54, 1.807) is 6.07 Å². The molecule has 1 aliphatic rings. The predicted molar refractivity (Wildman–Crippen MR) is 91.4 cm³/mol. The minimum absolute atomic E-state index is 0.347. The molecule has 0 saturated heterocycles. The Morgan fingerprint density at radius 2 is 1.32 bits per heavy atom. The minimum Gasteiger partial charge on any atom is -0.508 e. The van der Waals surface area contributed by atoms with Crippen LogP contribution in [0.15, 0.2) is 66.7 Å². The molecule has 0 saturated carbocycles. The van der Waals surface area contributed by atoms with E-state index in [1.165, 1.54) is 43.8 Å². The lowest BCUT2D eigenvalue weighted by atomic mass is 9.92. The third-order valence-electron chi connectivity index (χ3n) is 4.77. The molecule has 1 nitrogen and oxygen atoms in total. The molecule has 5 rings (SSSR count). The van der Waals surface area contributed by atoms with Crippen LogP contribution in [0.1, 0.15) is 11.1 Å². The number of aromatic hydroxyl groups is 1. The van der Waals surface area contributed by atoms with Crippen LogP contribution >= 0.6 is 0 Å². The summed E-state index contributed by atoms with van der Waals surface area (Å²) in [5.41, 5.74) is 5.20. The lowest BCUT2D eigenvalue weighted by Crippen LogP contribution is -1.87. The van der Waals surface area contributed by atoms with Crippen LogP contribution in [0, 0.1) is 0 Å². The van der Waals surface area contributed by atoms with Gasteiger partial charge in [0.1, 0.15) is 5.75 Å². The molecule has 0 bridgehead atoms. The molecular formula is C21H14O. The molecule has 0 unspecified atom stereocenters. The van der Waals surface area contributed by atoms with E-state index in [0.717, 1.165) is 6.42 Å². The van der Waals surface area contributed by atoms with Crippen LogP contribution < -0.4 is 0 Å². The van der Waals surface area contributed by atoms with Gasteiger partial charge in [0, 0.05) is 0 Å². The lowest BCUT2D eigenvalue weighted by molar-refractivity contribution is 0.475. The molecule has 0 heterocycles. The molecule has 4 aromatic rings. The Hall–Kier alpha value is -2.80. The molecule has 0 fully saturated rings. The fourth-order valence-electron chi connectivity index (χ4n) is 3.87. The van der Waals surface area contributed by atoms with Gasteiger partial charge in [-0.2, -0.15) is 0 Å². The first kappa shape index (κ1) is 11.8. The first-order valence-corrected chi connectivity index (χ1v) is 7.57. The van der Waals surface area contributed by atoms with Crippen LogP contribution in [-0.2, 0) is 6.42 Å². The highest BCUT2D eigenvalue weighted by Crippen LogP contribution is 2.46. The second-order valence-electron chi connectivity index (χ2n) is 5.96. The van der Waals surface area contributed by atoms with Crippen molar-refractivity contribution in [2.75, 3.05) is 0 Å². The van der Waals surface area contributed by atoms with Gasteiger partial charge in [0.25, 0.3) is 0 Å². The number of benzene rings is 4. The Labute approximate surface area is 128 Å². The largest absolute Gasteiger partial charge is 0.508 e. The van der Waals surface area contributed by atoms with Gasteiger partial charge in [0.15, 0.2) is 0 Å². The van der Waals surface area contributed by atoms with Gasteiger partial charge in [-0.15, -0.1) is 0 Å². The smallest absolute Gasteiger partial charge is 0.115 e. The Balaban J connectivity index is 2.03. The Morgan fingerprint density at radius 3 is 2.09 bits per heavy atom. The molecule has 0 aliphatic heterocycles. The maximum atomic E-state index is 9.80. The molecule has 22 heavy (non-hydrogen) atoms. The molecule has 104 valence electrons. The van der Waals surface area contributed by atoms with Crippen molar-refractivity contribution in [3.8, 4) is 16.9 Å². The van der Waals surface area contributed by atoms with Crippen LogP contribution in [0.5, 0.6) is 5.75 Å². The molecule has 1 heteroatoms. The van der Waals surface area contributed by atoms with Gasteiger partial charge >= 0.3 is 0 Å². The minimum atomic E-state index is 0.347. The summed E-state index contributed by atoms with van der Waals surface area (Å²) in [6.07, 6.45) is 0.893. The van der Waals surface area contributed by atoms with E-state index in [4.69, 9.17) is 0 Å². The zero-order chi connectivity index (χ0) is 14.7. The van der Waals surface area contributed by atoms with Crippen molar-refractivity contribution >= 4 is 21.5 Å². The normalized spacial score (nSPS) is 12.5. The summed E-state index contributed by atoms with van der Waals surface area (Å²) >= 11 is 0. The number of fused-ring (bicyclic) bond motifs is 8. The topological polar surface area (TPSA) is 20.2 Å². The second kappa shape index (κ2) is 4.11. The average Bonchev–Trinajstić information content (AvgIpc) is 2.94. The summed E-state index contributed by atoms with van der Waals surface area (Å²) < 4.78 is 0. The summed E-state index contributed by atoms with van der Waals surface area (Å²) in [7, 11) is 0. The third kappa shape index (κ3) is 1.43. The summed E-state index contributed by atoms with van der Waals surface area (Å²) in [6, 6.07) is 23.0. The number of phenolic OH excluding ortho intramolecular Hbond substituents is 1. The van der Waals surface area contributed by atoms with Crippen molar-refractivity contribution in [2.24, 2.45) is 0 Å². The molecule has 0 aromatic heterocycles. The monoisotopic (exact) mass is 282 g/mol. The van der Waals surface area contributed by atoms with E-state index < -0.39 is 0 Å². The van der Waals surface area contributed by atoms with Crippen molar-refractivity contribution < 1.29 is 5.11 Å². The number of hydrogen-bond acceptors (Lipinski definition) is 1. The van der Waals surface area contributed by atoms with Crippen LogP contribution in [-0.4, -0.2) is 5.11 Å². The van der Waals surface area contributed by atoms with Crippen molar-refractivity contribution in [2.45, 2.75) is 6.42 Å². The van der Waals surface area contributed by atoms with Crippen LogP contribution in [0.3, 0.4) is 0 Å². The first-order valence-electron chi connectivity index (χ1n) is 7.57. The van der Waals surface area contributed by atoms with E-state index in [2.05, 4.69) is 54.6 Å². The van der Waals surface area contributed by atoms with Crippen molar-refractivity contribution in [3.63, 3.8) is 0 Å². The van der Waals surface area contributed by atoms with E-state index in [-0.39, 0.29) is 0 Å². The first-order chi connectivity index (χ1) is 10.8. The summed E-state index contributed by atoms with van der Waals surface area (Å²) in [5, 5.41) is 15.1. The highest BCUT2D eigenvalue weighted by atomic mass is 16.3. The maximum Gasteiger partial charge on any atom is 0.115 e. The molecule has 0 amide bonds. The average molecular weight is 282 g/mol. The lowest BCUT2D eigenvalue weighted by Gasteiger charge is -2.12. The summed E-state index contributed by atoms with van der Waals surface area (Å²) in [6.45, 7) is 0. The summed E-state index contributed by atoms with van der Waals surface area (Å²) in [5.74, 6) is 0.347. The molecule has 1 N–H and O–H groups in total. The van der Waals surface area contributed by atoms with Gasteiger partial charge in [-0.1, -0.05) is 54.6 Å². The zero-order valence-electron chi connectivity index (χ0n) is 12.0. The van der Waals surface area contributed by atoms with E-state index >= 15 is 0 Å². The van der Waals surface area contributed by atoms with Gasteiger partial charge in [0.05, 0.1) is 0 Å². The third-order valence-corrected chi connectivity index (χ3v) is 4.77. The highest BCUT2D eigenvalue weighted by Gasteiger charge is 2.23. The van der Waals surface area contributed by atoms with Crippen molar-refractivity contribution in [1.82, 2.24) is 0 Å². The molecule has 0 radical (unpaired) electrons. The highest BCUT2D eigenvalue weighted by molar-refractivity contribution is 6.17. The van der Waals surface area contributed by atoms with E-state index in [9.17, 15) is 5.11 Å². The van der Waals surface area contributed by atoms with Gasteiger partial charge < -0.3 is 5.11 Å². The van der Waals surface area contributed by atoms with Crippen LogP contribution in [0.25, 0.3) is 32.7 Å². The van der Waals surface area contributed by atoms with Gasteiger partial charge in [-0.3, -0.25) is 0 Å². The number of rotatable bonds is 0. The van der Waals surface area contributed by atoms with Crippen molar-refractivity contribution in [1.29, 1.82) is 0 Å². The van der Waals surface area contributed by atoms with Crippen LogP contribution in [0.4, 0.5) is 0 Å². The fourth-order valence-corrected chi connectivity index (χ4v) is 3.87. The molecular weight excluding hydrogens is 268 g/mol. The van der Waals surface area contributed by atoms with E-state index in [0.29, 0.717) is 5.75 Å². The van der Waals surface area contributed by atoms with Crippen LogP contribution in [0.2, 0.25) is 0 Å². The molecule has 0 spiro atoms. The second-order valence-corrected chi connectivity index (χ2v) is 5.96.